The zero-order valence-corrected chi connectivity index (χ0v) is 20.0. The largest absolute Gasteiger partial charge is 0.573 e. The van der Waals surface area contributed by atoms with Crippen LogP contribution < -0.4 is 9.46 Å². The molecule has 0 spiro atoms. The number of hydrogen-bond donors (Lipinski definition) is 1. The Labute approximate surface area is 197 Å². The molecule has 1 amide bonds. The number of ether oxygens (including phenoxy) is 1. The fraction of sp³-hybridized carbons (Fsp3) is 0.435. The van der Waals surface area contributed by atoms with Gasteiger partial charge in [-0.1, -0.05) is 30.3 Å². The second kappa shape index (κ2) is 9.83. The molecule has 3 rings (SSSR count). The summed E-state index contributed by atoms with van der Waals surface area (Å²) in [6, 6.07) is 13.3. The minimum absolute atomic E-state index is 0.0190. The van der Waals surface area contributed by atoms with Crippen LogP contribution in [0.4, 0.5) is 18.9 Å². The summed E-state index contributed by atoms with van der Waals surface area (Å²) >= 11 is 0. The third-order valence-electron chi connectivity index (χ3n) is 5.94. The smallest absolute Gasteiger partial charge is 0.404 e. The van der Waals surface area contributed by atoms with Crippen LogP contribution in [0.15, 0.2) is 48.5 Å². The van der Waals surface area contributed by atoms with Crippen LogP contribution in [0, 0.1) is 0 Å². The predicted octanol–water partition coefficient (Wildman–Crippen LogP) is 4.04. The quantitative estimate of drug-likeness (QED) is 0.622. The van der Waals surface area contributed by atoms with Gasteiger partial charge >= 0.3 is 6.36 Å². The number of carbonyl (C=O) groups excluding carboxylic acids is 1. The first-order valence-corrected chi connectivity index (χ1v) is 12.5. The van der Waals surface area contributed by atoms with Crippen LogP contribution in [0.25, 0.3) is 0 Å². The summed E-state index contributed by atoms with van der Waals surface area (Å²) in [6.45, 7) is 7.54. The first kappa shape index (κ1) is 25.8. The zero-order valence-electron chi connectivity index (χ0n) is 19.2. The van der Waals surface area contributed by atoms with Crippen molar-refractivity contribution in [2.45, 2.75) is 32.7 Å². The van der Waals surface area contributed by atoms with Crippen LogP contribution in [0.3, 0.4) is 0 Å². The Morgan fingerprint density at radius 2 is 1.65 bits per heavy atom. The molecular weight excluding hydrogens is 471 g/mol. The van der Waals surface area contributed by atoms with Crippen molar-refractivity contribution in [2.24, 2.45) is 0 Å². The molecule has 0 saturated carbocycles. The molecule has 0 radical (unpaired) electrons. The average molecular weight is 500 g/mol. The third-order valence-corrected chi connectivity index (χ3v) is 7.23. The van der Waals surface area contributed by atoms with Crippen LogP contribution in [0.1, 0.15) is 36.7 Å². The van der Waals surface area contributed by atoms with Crippen LogP contribution in [0.5, 0.6) is 5.75 Å². The zero-order chi connectivity index (χ0) is 25.1. The van der Waals surface area contributed by atoms with E-state index in [4.69, 9.17) is 0 Å². The van der Waals surface area contributed by atoms with Crippen LogP contribution in [0.2, 0.25) is 0 Å². The van der Waals surface area contributed by atoms with Gasteiger partial charge in [-0.2, -0.15) is 0 Å². The van der Waals surface area contributed by atoms with Gasteiger partial charge in [0.25, 0.3) is 5.91 Å². The van der Waals surface area contributed by atoms with Crippen molar-refractivity contribution in [3.05, 3.63) is 59.7 Å². The number of hydrogen-bond acceptors (Lipinski definition) is 5. The van der Waals surface area contributed by atoms with Crippen LogP contribution in [-0.2, 0) is 15.6 Å². The third kappa shape index (κ3) is 6.20. The lowest BCUT2D eigenvalue weighted by atomic mass is 9.91. The topological polar surface area (TPSA) is 79.0 Å². The van der Waals surface area contributed by atoms with Crippen molar-refractivity contribution in [2.75, 3.05) is 36.7 Å². The summed E-state index contributed by atoms with van der Waals surface area (Å²) in [5.74, 6) is -1.56. The Morgan fingerprint density at radius 1 is 1.03 bits per heavy atom. The number of piperazine rings is 1. The summed E-state index contributed by atoms with van der Waals surface area (Å²) < 4.78 is 68.5. The number of benzene rings is 2. The van der Waals surface area contributed by atoms with E-state index in [1.54, 1.807) is 4.90 Å². The lowest BCUT2D eigenvalue weighted by molar-refractivity contribution is -0.274. The molecule has 0 bridgehead atoms. The molecule has 7 nitrogen and oxygen atoms in total. The normalized spacial score (nSPS) is 15.8. The first-order valence-electron chi connectivity index (χ1n) is 10.8. The second-order valence-electron chi connectivity index (χ2n) is 8.47. The monoisotopic (exact) mass is 499 g/mol. The summed E-state index contributed by atoms with van der Waals surface area (Å²) in [6.07, 6.45) is -5.05. The maximum absolute atomic E-state index is 13.0. The fourth-order valence-electron chi connectivity index (χ4n) is 3.87. The van der Waals surface area contributed by atoms with Gasteiger partial charge in [0, 0.05) is 37.3 Å². The fourth-order valence-corrected chi connectivity index (χ4v) is 4.52. The standard InChI is InChI=1S/C23H28F3N3O4S/c1-4-34(31,32)27-19-11-10-17(16-20(19)33-23(24,25)26)21(30)28-12-14-29(15-13-28)22(2,3)18-8-6-5-7-9-18/h5-11,16,27H,4,12-15H2,1-3H3. The molecule has 1 aliphatic rings. The van der Waals surface area contributed by atoms with E-state index < -0.39 is 28.0 Å². The summed E-state index contributed by atoms with van der Waals surface area (Å²) in [5.41, 5.74) is 0.496. The van der Waals surface area contributed by atoms with E-state index >= 15 is 0 Å². The van der Waals surface area contributed by atoms with Crippen molar-refractivity contribution in [3.63, 3.8) is 0 Å². The Balaban J connectivity index is 1.76. The first-order chi connectivity index (χ1) is 15.8. The van der Waals surface area contributed by atoms with E-state index in [0.717, 1.165) is 17.7 Å². The van der Waals surface area contributed by atoms with E-state index in [0.29, 0.717) is 26.2 Å². The van der Waals surface area contributed by atoms with Crippen molar-refractivity contribution in [1.82, 2.24) is 9.80 Å². The number of rotatable bonds is 7. The lowest BCUT2D eigenvalue weighted by Crippen LogP contribution is -2.54. The van der Waals surface area contributed by atoms with E-state index in [1.165, 1.54) is 13.0 Å². The van der Waals surface area contributed by atoms with Gasteiger partial charge in [0.2, 0.25) is 10.0 Å². The molecule has 1 fully saturated rings. The number of alkyl halides is 3. The van der Waals surface area contributed by atoms with Gasteiger partial charge in [0.05, 0.1) is 11.4 Å². The highest BCUT2D eigenvalue weighted by molar-refractivity contribution is 7.92. The Bertz CT molecular complexity index is 1110. The molecular formula is C23H28F3N3O4S. The minimum atomic E-state index is -5.05. The maximum atomic E-state index is 13.0. The van der Waals surface area contributed by atoms with Crippen molar-refractivity contribution >= 4 is 21.6 Å². The van der Waals surface area contributed by atoms with Gasteiger partial charge in [0.1, 0.15) is 0 Å². The number of halogens is 3. The SMILES string of the molecule is CCS(=O)(=O)Nc1ccc(C(=O)N2CCN(C(C)(C)c3ccccc3)CC2)cc1OC(F)(F)F. The van der Waals surface area contributed by atoms with E-state index in [1.807, 2.05) is 30.3 Å². The van der Waals surface area contributed by atoms with Crippen molar-refractivity contribution in [3.8, 4) is 5.75 Å². The van der Waals surface area contributed by atoms with Gasteiger partial charge in [-0.3, -0.25) is 14.4 Å². The van der Waals surface area contributed by atoms with Gasteiger partial charge in [-0.15, -0.1) is 13.2 Å². The Hall–Kier alpha value is -2.79. The number of sulfonamides is 1. The average Bonchev–Trinajstić information content (AvgIpc) is 2.79. The highest BCUT2D eigenvalue weighted by atomic mass is 32.2. The molecule has 186 valence electrons. The van der Waals surface area contributed by atoms with Gasteiger partial charge in [-0.05, 0) is 44.5 Å². The molecule has 1 saturated heterocycles. The second-order valence-corrected chi connectivity index (χ2v) is 10.5. The van der Waals surface area contributed by atoms with Crippen molar-refractivity contribution in [1.29, 1.82) is 0 Å². The Morgan fingerprint density at radius 3 is 2.21 bits per heavy atom. The van der Waals surface area contributed by atoms with E-state index in [9.17, 15) is 26.4 Å². The number of nitrogens with one attached hydrogen (secondary N) is 1. The van der Waals surface area contributed by atoms with Gasteiger partial charge < -0.3 is 9.64 Å². The summed E-state index contributed by atoms with van der Waals surface area (Å²) in [5, 5.41) is 0. The van der Waals surface area contributed by atoms with Gasteiger partial charge in [0.15, 0.2) is 5.75 Å². The van der Waals surface area contributed by atoms with E-state index in [2.05, 4.69) is 28.2 Å². The van der Waals surface area contributed by atoms with Gasteiger partial charge in [-0.25, -0.2) is 8.42 Å². The molecule has 34 heavy (non-hydrogen) atoms. The number of amides is 1. The summed E-state index contributed by atoms with van der Waals surface area (Å²) in [4.78, 5) is 16.9. The summed E-state index contributed by atoms with van der Waals surface area (Å²) in [7, 11) is -3.85. The molecule has 2 aromatic rings. The number of anilines is 1. The molecule has 1 heterocycles. The Kier molecular flexibility index (Phi) is 7.47. The minimum Gasteiger partial charge on any atom is -0.404 e. The van der Waals surface area contributed by atoms with E-state index in [-0.39, 0.29) is 22.5 Å². The highest BCUT2D eigenvalue weighted by Crippen LogP contribution is 2.33. The van der Waals surface area contributed by atoms with Crippen LogP contribution in [-0.4, -0.2) is 62.4 Å². The number of carbonyl (C=O) groups is 1. The molecule has 0 aromatic heterocycles. The highest BCUT2D eigenvalue weighted by Gasteiger charge is 2.35. The lowest BCUT2D eigenvalue weighted by Gasteiger charge is -2.44. The maximum Gasteiger partial charge on any atom is 0.573 e. The molecule has 11 heteroatoms. The molecule has 2 aromatic carbocycles. The molecule has 1 N–H and O–H groups in total. The molecule has 1 aliphatic heterocycles. The van der Waals surface area contributed by atoms with Crippen molar-refractivity contribution < 1.29 is 31.1 Å². The number of nitrogens with zero attached hydrogens (tertiary/aromatic N) is 2. The molecule has 0 aliphatic carbocycles. The van der Waals surface area contributed by atoms with Crippen LogP contribution >= 0.6 is 0 Å². The predicted molar refractivity (Wildman–Crippen MR) is 123 cm³/mol. The molecule has 0 unspecified atom stereocenters. The molecule has 0 atom stereocenters.